The third-order valence-corrected chi connectivity index (χ3v) is 11.6. The summed E-state index contributed by atoms with van der Waals surface area (Å²) < 4.78 is 2.70. The van der Waals surface area contributed by atoms with E-state index in [-0.39, 0.29) is 5.41 Å². The van der Waals surface area contributed by atoms with Gasteiger partial charge < -0.3 is 4.90 Å². The van der Waals surface area contributed by atoms with Crippen LogP contribution in [0.4, 0.5) is 17.1 Å². The number of thiophene rings is 1. The van der Waals surface area contributed by atoms with E-state index in [0.717, 1.165) is 11.4 Å². The highest BCUT2D eigenvalue weighted by Gasteiger charge is 2.37. The average molecular weight is 618 g/mol. The Hall–Kier alpha value is -5.44. The minimum absolute atomic E-state index is 0.0800. The number of anilines is 3. The van der Waals surface area contributed by atoms with E-state index in [9.17, 15) is 0 Å². The summed E-state index contributed by atoms with van der Waals surface area (Å²) in [4.78, 5) is 2.49. The molecule has 0 aliphatic heterocycles. The average Bonchev–Trinajstić information content (AvgIpc) is 3.61. The van der Waals surface area contributed by atoms with Gasteiger partial charge in [-0.05, 0) is 80.0 Å². The highest BCUT2D eigenvalue weighted by Crippen LogP contribution is 2.54. The summed E-state index contributed by atoms with van der Waals surface area (Å²) in [7, 11) is 0. The first kappa shape index (κ1) is 26.7. The van der Waals surface area contributed by atoms with Gasteiger partial charge in [0.2, 0.25) is 0 Å². The molecule has 0 spiro atoms. The Morgan fingerprint density at radius 3 is 2.09 bits per heavy atom. The Morgan fingerprint density at radius 2 is 1.17 bits per heavy atom. The molecule has 2 heteroatoms. The predicted octanol–water partition coefficient (Wildman–Crippen LogP) is 13.3. The largest absolute Gasteiger partial charge is 0.310 e. The first-order valence-electron chi connectivity index (χ1n) is 16.4. The van der Waals surface area contributed by atoms with Crippen molar-refractivity contribution in [2.75, 3.05) is 4.90 Å². The number of nitrogens with zero attached hydrogens (tertiary/aromatic N) is 1. The van der Waals surface area contributed by atoms with Gasteiger partial charge in [0.15, 0.2) is 0 Å². The lowest BCUT2D eigenvalue weighted by molar-refractivity contribution is 0.660. The van der Waals surface area contributed by atoms with E-state index < -0.39 is 0 Å². The zero-order valence-corrected chi connectivity index (χ0v) is 27.1. The molecule has 0 bridgehead atoms. The second-order valence-electron chi connectivity index (χ2n) is 13.3. The number of fused-ring (bicyclic) bond motifs is 11. The highest BCUT2D eigenvalue weighted by molar-refractivity contribution is 7.26. The first-order chi connectivity index (χ1) is 23.1. The van der Waals surface area contributed by atoms with Crippen molar-refractivity contribution in [3.8, 4) is 11.1 Å². The molecule has 1 heterocycles. The van der Waals surface area contributed by atoms with Crippen LogP contribution < -0.4 is 4.90 Å². The molecule has 0 saturated carbocycles. The van der Waals surface area contributed by atoms with Gasteiger partial charge in [0.25, 0.3) is 0 Å². The van der Waals surface area contributed by atoms with Gasteiger partial charge in [-0.3, -0.25) is 0 Å². The lowest BCUT2D eigenvalue weighted by Crippen LogP contribution is -2.16. The fraction of sp³-hybridized carbons (Fsp3) is 0.0667. The SMILES string of the molecule is CC1(C)c2ccccc2-c2c(N(c3ccc4ccccc4c3)c3ccc4ccc5ccc6c7ccccc7sc6c5c4c3)cccc21. The monoisotopic (exact) mass is 617 g/mol. The molecule has 0 saturated heterocycles. The molecule has 222 valence electrons. The summed E-state index contributed by atoms with van der Waals surface area (Å²) in [5.41, 5.74) is 8.86. The Labute approximate surface area is 278 Å². The number of rotatable bonds is 3. The molecule has 0 radical (unpaired) electrons. The quantitative estimate of drug-likeness (QED) is 0.178. The molecule has 1 aromatic heterocycles. The molecule has 1 aliphatic rings. The minimum Gasteiger partial charge on any atom is -0.310 e. The second kappa shape index (κ2) is 9.78. The number of hydrogen-bond donors (Lipinski definition) is 0. The van der Waals surface area contributed by atoms with Gasteiger partial charge in [-0.25, -0.2) is 0 Å². The second-order valence-corrected chi connectivity index (χ2v) is 14.4. The molecule has 8 aromatic carbocycles. The van der Waals surface area contributed by atoms with E-state index in [0.29, 0.717) is 0 Å². The molecule has 0 fully saturated rings. The van der Waals surface area contributed by atoms with Crippen molar-refractivity contribution in [3.63, 3.8) is 0 Å². The molecule has 0 unspecified atom stereocenters. The maximum atomic E-state index is 2.49. The standard InChI is InChI=1S/C45H31NS/c1-45(2)38-14-7-5-13-36(38)43-39(45)15-9-16-40(43)46(32-23-20-28-10-3-4-11-31(28)26-32)33-24-21-29-18-19-30-22-25-35-34-12-6-8-17-41(34)47-44(35)42(30)37(29)27-33/h3-27H,1-2H3. The Bertz CT molecular complexity index is 2730. The van der Waals surface area contributed by atoms with Gasteiger partial charge >= 0.3 is 0 Å². The van der Waals surface area contributed by atoms with E-state index in [1.807, 2.05) is 11.3 Å². The molecule has 1 aliphatic carbocycles. The van der Waals surface area contributed by atoms with Crippen LogP contribution in [0.25, 0.3) is 63.6 Å². The van der Waals surface area contributed by atoms with Crippen molar-refractivity contribution in [1.29, 1.82) is 0 Å². The lowest BCUT2D eigenvalue weighted by atomic mass is 9.82. The van der Waals surface area contributed by atoms with Gasteiger partial charge in [0.1, 0.15) is 0 Å². The van der Waals surface area contributed by atoms with Crippen LogP contribution in [-0.4, -0.2) is 0 Å². The Kier molecular flexibility index (Phi) is 5.57. The maximum absolute atomic E-state index is 2.49. The maximum Gasteiger partial charge on any atom is 0.0543 e. The molecule has 0 N–H and O–H groups in total. The fourth-order valence-electron chi connectivity index (χ4n) is 8.11. The van der Waals surface area contributed by atoms with Crippen LogP contribution in [0.3, 0.4) is 0 Å². The number of benzene rings is 8. The van der Waals surface area contributed by atoms with Crippen LogP contribution in [0, 0.1) is 0 Å². The summed E-state index contributed by atoms with van der Waals surface area (Å²) in [5, 5.41) is 10.3. The van der Waals surface area contributed by atoms with Gasteiger partial charge in [-0.1, -0.05) is 129 Å². The van der Waals surface area contributed by atoms with Crippen LogP contribution in [0.5, 0.6) is 0 Å². The molecule has 1 nitrogen and oxygen atoms in total. The van der Waals surface area contributed by atoms with Crippen LogP contribution in [-0.2, 0) is 5.41 Å². The summed E-state index contributed by atoms with van der Waals surface area (Å²) in [5.74, 6) is 0. The summed E-state index contributed by atoms with van der Waals surface area (Å²) >= 11 is 1.91. The van der Waals surface area contributed by atoms with Gasteiger partial charge in [-0.2, -0.15) is 0 Å². The fourth-order valence-corrected chi connectivity index (χ4v) is 9.38. The normalized spacial score (nSPS) is 13.5. The predicted molar refractivity (Wildman–Crippen MR) is 204 cm³/mol. The molecule has 10 rings (SSSR count). The van der Waals surface area contributed by atoms with Crippen molar-refractivity contribution in [2.24, 2.45) is 0 Å². The summed E-state index contributed by atoms with van der Waals surface area (Å²) in [6.07, 6.45) is 0. The molecule has 47 heavy (non-hydrogen) atoms. The van der Waals surface area contributed by atoms with Crippen molar-refractivity contribution in [2.45, 2.75) is 19.3 Å². The van der Waals surface area contributed by atoms with Gasteiger partial charge in [0.05, 0.1) is 5.69 Å². The van der Waals surface area contributed by atoms with Crippen molar-refractivity contribution in [1.82, 2.24) is 0 Å². The number of hydrogen-bond acceptors (Lipinski definition) is 2. The van der Waals surface area contributed by atoms with Crippen LogP contribution in [0.1, 0.15) is 25.0 Å². The van der Waals surface area contributed by atoms with Crippen molar-refractivity contribution in [3.05, 3.63) is 163 Å². The summed E-state index contributed by atoms with van der Waals surface area (Å²) in [6, 6.07) is 56.4. The Morgan fingerprint density at radius 1 is 0.489 bits per heavy atom. The van der Waals surface area contributed by atoms with Crippen LogP contribution in [0.2, 0.25) is 0 Å². The van der Waals surface area contributed by atoms with Gasteiger partial charge in [0, 0.05) is 47.9 Å². The van der Waals surface area contributed by atoms with Crippen LogP contribution >= 0.6 is 11.3 Å². The zero-order valence-electron chi connectivity index (χ0n) is 26.3. The summed E-state index contributed by atoms with van der Waals surface area (Å²) in [6.45, 7) is 4.72. The minimum atomic E-state index is -0.0800. The molecular formula is C45H31NS. The third kappa shape index (κ3) is 3.83. The van der Waals surface area contributed by atoms with Crippen molar-refractivity contribution < 1.29 is 0 Å². The van der Waals surface area contributed by atoms with Crippen LogP contribution in [0.15, 0.2) is 152 Å². The first-order valence-corrected chi connectivity index (χ1v) is 17.2. The molecular weight excluding hydrogens is 587 g/mol. The molecule has 0 amide bonds. The van der Waals surface area contributed by atoms with Crippen molar-refractivity contribution >= 4 is 80.9 Å². The van der Waals surface area contributed by atoms with E-state index in [1.54, 1.807) is 0 Å². The Balaban J connectivity index is 1.29. The van der Waals surface area contributed by atoms with E-state index in [1.165, 1.54) is 80.4 Å². The van der Waals surface area contributed by atoms with E-state index in [4.69, 9.17) is 0 Å². The zero-order chi connectivity index (χ0) is 31.3. The highest BCUT2D eigenvalue weighted by atomic mass is 32.1. The van der Waals surface area contributed by atoms with E-state index >= 15 is 0 Å². The van der Waals surface area contributed by atoms with E-state index in [2.05, 4.69) is 170 Å². The lowest BCUT2D eigenvalue weighted by Gasteiger charge is -2.29. The smallest absolute Gasteiger partial charge is 0.0543 e. The third-order valence-electron chi connectivity index (χ3n) is 10.4. The molecule has 9 aromatic rings. The molecule has 0 atom stereocenters. The topological polar surface area (TPSA) is 3.24 Å². The van der Waals surface area contributed by atoms with Gasteiger partial charge in [-0.15, -0.1) is 11.3 Å².